The van der Waals surface area contributed by atoms with Crippen molar-refractivity contribution in [1.82, 2.24) is 5.32 Å². The van der Waals surface area contributed by atoms with Crippen LogP contribution in [-0.4, -0.2) is 46.1 Å². The van der Waals surface area contributed by atoms with E-state index in [1.807, 2.05) is 6.08 Å². The summed E-state index contributed by atoms with van der Waals surface area (Å²) in [6.07, 6.45) is 62.8. The van der Waals surface area contributed by atoms with Gasteiger partial charge in [-0.15, -0.1) is 0 Å². The highest BCUT2D eigenvalue weighted by molar-refractivity contribution is 5.76. The number of unbranched alkanes of at least 4 members (excludes halogenated alkanes) is 31. The molecular weight excluding hydrogens is 715 g/mol. The fourth-order valence-electron chi connectivity index (χ4n) is 7.75. The Morgan fingerprint density at radius 1 is 0.466 bits per heavy atom. The Morgan fingerprint density at radius 2 is 0.845 bits per heavy atom. The molecule has 0 rings (SSSR count). The van der Waals surface area contributed by atoms with Crippen molar-refractivity contribution in [3.8, 4) is 0 Å². The number of aliphatic hydroxyl groups is 3. The van der Waals surface area contributed by atoms with Gasteiger partial charge in [-0.2, -0.15) is 0 Å². The van der Waals surface area contributed by atoms with Gasteiger partial charge in [0.15, 0.2) is 0 Å². The number of hydrogen-bond donors (Lipinski definition) is 4. The van der Waals surface area contributed by atoms with Crippen molar-refractivity contribution in [2.75, 3.05) is 6.61 Å². The molecule has 3 atom stereocenters. The average molecular weight is 814 g/mol. The van der Waals surface area contributed by atoms with Crippen LogP contribution in [0.3, 0.4) is 0 Å². The Hall–Kier alpha value is -1.69. The van der Waals surface area contributed by atoms with Crippen LogP contribution in [0.2, 0.25) is 0 Å². The maximum absolute atomic E-state index is 12.5. The van der Waals surface area contributed by atoms with Crippen molar-refractivity contribution >= 4 is 5.91 Å². The highest BCUT2D eigenvalue weighted by Gasteiger charge is 2.20. The van der Waals surface area contributed by atoms with Crippen molar-refractivity contribution in [2.24, 2.45) is 0 Å². The van der Waals surface area contributed by atoms with Crippen molar-refractivity contribution in [3.63, 3.8) is 0 Å². The molecule has 5 heteroatoms. The summed E-state index contributed by atoms with van der Waals surface area (Å²) < 4.78 is 0. The predicted molar refractivity (Wildman–Crippen MR) is 254 cm³/mol. The molecule has 4 N–H and O–H groups in total. The monoisotopic (exact) mass is 814 g/mol. The Kier molecular flexibility index (Phi) is 46.6. The number of allylic oxidation sites excluding steroid dienone is 7. The molecule has 340 valence electrons. The summed E-state index contributed by atoms with van der Waals surface area (Å²) in [6, 6.07) is -0.763. The van der Waals surface area contributed by atoms with Crippen LogP contribution in [-0.2, 0) is 4.79 Å². The van der Waals surface area contributed by atoms with E-state index in [-0.39, 0.29) is 18.9 Å². The number of carbonyl (C=O) groups is 1. The first-order valence-corrected chi connectivity index (χ1v) is 25.4. The molecule has 0 saturated carbocycles. The van der Waals surface area contributed by atoms with Crippen LogP contribution in [0.25, 0.3) is 0 Å². The average Bonchev–Trinajstić information content (AvgIpc) is 3.22. The molecule has 0 aliphatic heterocycles. The zero-order chi connectivity index (χ0) is 42.3. The van der Waals surface area contributed by atoms with E-state index in [1.54, 1.807) is 6.08 Å². The number of aliphatic hydroxyl groups excluding tert-OH is 3. The molecule has 0 aromatic rings. The minimum Gasteiger partial charge on any atom is -0.394 e. The maximum atomic E-state index is 12.5. The normalized spacial score (nSPS) is 13.8. The molecule has 0 saturated heterocycles. The molecule has 0 aromatic carbocycles. The van der Waals surface area contributed by atoms with Crippen LogP contribution in [0.4, 0.5) is 0 Å². The summed E-state index contributed by atoms with van der Waals surface area (Å²) in [5, 5.41) is 33.3. The van der Waals surface area contributed by atoms with Gasteiger partial charge in [0.2, 0.25) is 5.91 Å². The van der Waals surface area contributed by atoms with Crippen LogP contribution in [0, 0.1) is 0 Å². The fraction of sp³-hybridized carbons (Fsp3) is 0.830. The first-order chi connectivity index (χ1) is 28.5. The summed E-state index contributed by atoms with van der Waals surface area (Å²) in [7, 11) is 0. The maximum Gasteiger partial charge on any atom is 0.222 e. The number of hydrogen-bond acceptors (Lipinski definition) is 4. The third-order valence-electron chi connectivity index (χ3n) is 11.6. The summed E-state index contributed by atoms with van der Waals surface area (Å²) in [5.74, 6) is -0.325. The van der Waals surface area contributed by atoms with E-state index < -0.39 is 18.2 Å². The Balaban J connectivity index is 3.64. The molecule has 0 bridgehead atoms. The van der Waals surface area contributed by atoms with Gasteiger partial charge < -0.3 is 20.6 Å². The predicted octanol–water partition coefficient (Wildman–Crippen LogP) is 15.3. The zero-order valence-electron chi connectivity index (χ0n) is 38.7. The second kappa shape index (κ2) is 48.0. The van der Waals surface area contributed by atoms with Crippen LogP contribution < -0.4 is 5.32 Å². The van der Waals surface area contributed by atoms with Gasteiger partial charge in [-0.1, -0.05) is 242 Å². The van der Waals surface area contributed by atoms with Gasteiger partial charge in [-0.3, -0.25) is 4.79 Å². The molecule has 5 nitrogen and oxygen atoms in total. The minimum absolute atomic E-state index is 0.00451. The van der Waals surface area contributed by atoms with Gasteiger partial charge in [0.05, 0.1) is 31.3 Å². The van der Waals surface area contributed by atoms with Crippen LogP contribution in [0.1, 0.15) is 258 Å². The molecule has 0 aliphatic carbocycles. The molecule has 0 heterocycles. The van der Waals surface area contributed by atoms with E-state index in [9.17, 15) is 20.1 Å². The van der Waals surface area contributed by atoms with E-state index in [1.165, 1.54) is 186 Å². The number of amides is 1. The van der Waals surface area contributed by atoms with Gasteiger partial charge in [0, 0.05) is 0 Å². The van der Waals surface area contributed by atoms with Crippen molar-refractivity contribution in [1.29, 1.82) is 0 Å². The van der Waals surface area contributed by atoms with Crippen molar-refractivity contribution in [3.05, 3.63) is 48.6 Å². The SMILES string of the molecule is CC/C=C\C/C=C\CCCCCCCCCCCCCCC(O)CC(=O)NC(CO)C(O)/C=C/CC/C=C/CCCCCCCCCCCCCCCCCCCC. The lowest BCUT2D eigenvalue weighted by Gasteiger charge is -2.21. The Bertz CT molecular complexity index is 943. The second-order valence-corrected chi connectivity index (χ2v) is 17.4. The number of rotatable bonds is 46. The van der Waals surface area contributed by atoms with Crippen LogP contribution in [0.5, 0.6) is 0 Å². The lowest BCUT2D eigenvalue weighted by molar-refractivity contribution is -0.124. The summed E-state index contributed by atoms with van der Waals surface area (Å²) in [5.41, 5.74) is 0. The first-order valence-electron chi connectivity index (χ1n) is 25.4. The Labute approximate surface area is 361 Å². The molecule has 3 unspecified atom stereocenters. The largest absolute Gasteiger partial charge is 0.394 e. The van der Waals surface area contributed by atoms with Gasteiger partial charge in [0.1, 0.15) is 0 Å². The van der Waals surface area contributed by atoms with Gasteiger partial charge >= 0.3 is 0 Å². The summed E-state index contributed by atoms with van der Waals surface area (Å²) in [6.45, 7) is 4.12. The molecule has 0 radical (unpaired) electrons. The Morgan fingerprint density at radius 3 is 1.29 bits per heavy atom. The lowest BCUT2D eigenvalue weighted by Crippen LogP contribution is -2.45. The standard InChI is InChI=1S/C53H99NO4/c1-3-5-7-9-11-13-15-17-19-21-23-24-25-26-27-29-31-33-35-37-39-41-43-45-47-52(57)51(49-55)54-53(58)48-50(56)46-44-42-40-38-36-34-32-30-28-22-20-18-16-14-12-10-8-6-4-2/h6,8,12,14,37,39,45,47,50-52,55-57H,3-5,7,9-11,13,15-36,38,40-44,46,48-49H2,1-2H3,(H,54,58)/b8-6-,14-12-,39-37+,47-45+. The van der Waals surface area contributed by atoms with Gasteiger partial charge in [-0.05, 0) is 57.8 Å². The smallest absolute Gasteiger partial charge is 0.222 e. The quantitative estimate of drug-likeness (QED) is 0.0364. The minimum atomic E-state index is -0.953. The third kappa shape index (κ3) is 43.9. The molecule has 58 heavy (non-hydrogen) atoms. The van der Waals surface area contributed by atoms with E-state index in [2.05, 4.69) is 55.6 Å². The van der Waals surface area contributed by atoms with Gasteiger partial charge in [0.25, 0.3) is 0 Å². The molecule has 0 spiro atoms. The molecule has 1 amide bonds. The lowest BCUT2D eigenvalue weighted by atomic mass is 10.0. The van der Waals surface area contributed by atoms with E-state index in [0.717, 1.165) is 44.9 Å². The summed E-state index contributed by atoms with van der Waals surface area (Å²) in [4.78, 5) is 12.5. The van der Waals surface area contributed by atoms with E-state index in [4.69, 9.17) is 0 Å². The molecule has 0 fully saturated rings. The number of carbonyl (C=O) groups excluding carboxylic acids is 1. The highest BCUT2D eigenvalue weighted by Crippen LogP contribution is 2.16. The van der Waals surface area contributed by atoms with Crippen molar-refractivity contribution in [2.45, 2.75) is 276 Å². The fourth-order valence-corrected chi connectivity index (χ4v) is 7.75. The molecule has 0 aliphatic rings. The highest BCUT2D eigenvalue weighted by atomic mass is 16.3. The molecule has 0 aromatic heterocycles. The van der Waals surface area contributed by atoms with E-state index in [0.29, 0.717) is 6.42 Å². The first kappa shape index (κ1) is 56.3. The van der Waals surface area contributed by atoms with Crippen LogP contribution in [0.15, 0.2) is 48.6 Å². The second-order valence-electron chi connectivity index (χ2n) is 17.4. The zero-order valence-corrected chi connectivity index (χ0v) is 38.7. The van der Waals surface area contributed by atoms with Crippen molar-refractivity contribution < 1.29 is 20.1 Å². The van der Waals surface area contributed by atoms with Crippen LogP contribution >= 0.6 is 0 Å². The van der Waals surface area contributed by atoms with E-state index >= 15 is 0 Å². The molecular formula is C53H99NO4. The third-order valence-corrected chi connectivity index (χ3v) is 11.6. The summed E-state index contributed by atoms with van der Waals surface area (Å²) >= 11 is 0. The topological polar surface area (TPSA) is 89.8 Å². The van der Waals surface area contributed by atoms with Gasteiger partial charge in [-0.25, -0.2) is 0 Å². The number of nitrogens with one attached hydrogen (secondary N) is 1.